The zero-order valence-corrected chi connectivity index (χ0v) is 13.1. The maximum atomic E-state index is 11.0. The summed E-state index contributed by atoms with van der Waals surface area (Å²) in [6, 6.07) is 11.5. The van der Waals surface area contributed by atoms with Crippen LogP contribution in [0.2, 0.25) is 0 Å². The molecule has 4 rings (SSSR count). The zero-order valence-electron chi connectivity index (χ0n) is 13.1. The van der Waals surface area contributed by atoms with E-state index in [4.69, 9.17) is 5.73 Å². The number of hydrogen-bond donors (Lipinski definition) is 3. The number of nitrogens with zero attached hydrogens (tertiary/aromatic N) is 4. The van der Waals surface area contributed by atoms with Crippen LogP contribution in [0.25, 0.3) is 11.4 Å². The molecule has 122 valence electrons. The van der Waals surface area contributed by atoms with Crippen LogP contribution in [0.15, 0.2) is 48.8 Å². The lowest BCUT2D eigenvalue weighted by Gasteiger charge is -2.24. The van der Waals surface area contributed by atoms with Gasteiger partial charge in [0.05, 0.1) is 18.4 Å². The van der Waals surface area contributed by atoms with Crippen LogP contribution in [0.4, 0.5) is 11.6 Å². The standard InChI is InChI=1S/C17H18N6O/c18-15-16(21-14(10-19-15)13-6-8-20-22-13)23-9-7-17(24,11-23)12-4-2-1-3-5-12/h1-6,8,10,24H,7,9,11H2,(H2,18,19)(H,20,22). The fourth-order valence-electron chi connectivity index (χ4n) is 3.11. The molecule has 0 radical (unpaired) electrons. The van der Waals surface area contributed by atoms with E-state index in [1.807, 2.05) is 41.3 Å². The summed E-state index contributed by atoms with van der Waals surface area (Å²) < 4.78 is 0. The van der Waals surface area contributed by atoms with E-state index in [1.165, 1.54) is 0 Å². The number of nitrogens with one attached hydrogen (secondary N) is 1. The maximum Gasteiger partial charge on any atom is 0.172 e. The lowest BCUT2D eigenvalue weighted by atomic mass is 9.93. The highest BCUT2D eigenvalue weighted by molar-refractivity contribution is 5.64. The Bertz CT molecular complexity index is 836. The molecule has 0 amide bonds. The Morgan fingerprint density at radius 2 is 2.04 bits per heavy atom. The van der Waals surface area contributed by atoms with Gasteiger partial charge in [0.25, 0.3) is 0 Å². The van der Waals surface area contributed by atoms with Gasteiger partial charge < -0.3 is 15.7 Å². The van der Waals surface area contributed by atoms with E-state index >= 15 is 0 Å². The number of nitrogens with two attached hydrogens (primary N) is 1. The minimum atomic E-state index is -0.903. The second kappa shape index (κ2) is 5.61. The van der Waals surface area contributed by atoms with E-state index in [0.717, 1.165) is 11.3 Å². The van der Waals surface area contributed by atoms with Crippen molar-refractivity contribution in [2.45, 2.75) is 12.0 Å². The van der Waals surface area contributed by atoms with Crippen LogP contribution in [0.5, 0.6) is 0 Å². The van der Waals surface area contributed by atoms with Crippen LogP contribution < -0.4 is 10.6 Å². The van der Waals surface area contributed by atoms with Gasteiger partial charge in [-0.15, -0.1) is 0 Å². The largest absolute Gasteiger partial charge is 0.383 e. The summed E-state index contributed by atoms with van der Waals surface area (Å²) in [5.74, 6) is 0.949. The first-order valence-electron chi connectivity index (χ1n) is 7.81. The summed E-state index contributed by atoms with van der Waals surface area (Å²) in [4.78, 5) is 10.8. The molecule has 0 bridgehead atoms. The molecule has 1 unspecified atom stereocenters. The topological polar surface area (TPSA) is 104 Å². The molecule has 1 fully saturated rings. The molecule has 1 aliphatic heterocycles. The highest BCUT2D eigenvalue weighted by Crippen LogP contribution is 2.35. The van der Waals surface area contributed by atoms with Crippen LogP contribution in [0.3, 0.4) is 0 Å². The number of aromatic amines is 1. The van der Waals surface area contributed by atoms with Crippen LogP contribution in [0.1, 0.15) is 12.0 Å². The summed E-state index contributed by atoms with van der Waals surface area (Å²) in [5.41, 5.74) is 7.48. The average Bonchev–Trinajstić information content (AvgIpc) is 3.27. The quantitative estimate of drug-likeness (QED) is 0.676. The Hall–Kier alpha value is -2.93. The van der Waals surface area contributed by atoms with E-state index in [9.17, 15) is 5.11 Å². The van der Waals surface area contributed by atoms with E-state index in [-0.39, 0.29) is 0 Å². The monoisotopic (exact) mass is 322 g/mol. The number of aromatic nitrogens is 4. The molecule has 24 heavy (non-hydrogen) atoms. The number of nitrogen functional groups attached to an aromatic ring is 1. The molecule has 2 aromatic heterocycles. The Morgan fingerprint density at radius 3 is 2.79 bits per heavy atom. The van der Waals surface area contributed by atoms with E-state index in [2.05, 4.69) is 20.2 Å². The van der Waals surface area contributed by atoms with Crippen LogP contribution in [-0.2, 0) is 5.60 Å². The molecule has 7 nitrogen and oxygen atoms in total. The summed E-state index contributed by atoms with van der Waals surface area (Å²) in [6.07, 6.45) is 3.90. The lowest BCUT2D eigenvalue weighted by molar-refractivity contribution is 0.0606. The number of benzene rings is 1. The summed E-state index contributed by atoms with van der Waals surface area (Å²) in [6.45, 7) is 1.10. The van der Waals surface area contributed by atoms with Gasteiger partial charge in [-0.1, -0.05) is 30.3 Å². The Kier molecular flexibility index (Phi) is 3.42. The van der Waals surface area contributed by atoms with E-state index in [0.29, 0.717) is 36.8 Å². The molecule has 4 N–H and O–H groups in total. The summed E-state index contributed by atoms with van der Waals surface area (Å²) in [7, 11) is 0. The summed E-state index contributed by atoms with van der Waals surface area (Å²) in [5, 5.41) is 17.8. The summed E-state index contributed by atoms with van der Waals surface area (Å²) >= 11 is 0. The van der Waals surface area contributed by atoms with Crippen molar-refractivity contribution in [3.8, 4) is 11.4 Å². The Labute approximate surface area is 139 Å². The van der Waals surface area contributed by atoms with Crippen LogP contribution in [0, 0.1) is 0 Å². The first-order chi connectivity index (χ1) is 11.7. The normalized spacial score (nSPS) is 20.5. The first-order valence-corrected chi connectivity index (χ1v) is 7.81. The second-order valence-electron chi connectivity index (χ2n) is 6.00. The fraction of sp³-hybridized carbons (Fsp3) is 0.235. The number of rotatable bonds is 3. The van der Waals surface area contributed by atoms with Crippen molar-refractivity contribution in [3.63, 3.8) is 0 Å². The van der Waals surface area contributed by atoms with Crippen molar-refractivity contribution in [2.24, 2.45) is 0 Å². The zero-order chi connectivity index (χ0) is 16.6. The van der Waals surface area contributed by atoms with Gasteiger partial charge in [0.2, 0.25) is 0 Å². The van der Waals surface area contributed by atoms with E-state index in [1.54, 1.807) is 12.4 Å². The minimum Gasteiger partial charge on any atom is -0.383 e. The molecule has 1 atom stereocenters. The molecule has 1 aliphatic rings. The lowest BCUT2D eigenvalue weighted by Crippen LogP contribution is -2.31. The molecular formula is C17H18N6O. The molecular weight excluding hydrogens is 304 g/mol. The van der Waals surface area contributed by atoms with Crippen molar-refractivity contribution in [1.29, 1.82) is 0 Å². The van der Waals surface area contributed by atoms with Crippen molar-refractivity contribution in [3.05, 3.63) is 54.4 Å². The van der Waals surface area contributed by atoms with Gasteiger partial charge in [-0.2, -0.15) is 5.10 Å². The molecule has 1 aromatic carbocycles. The first kappa shape index (κ1) is 14.6. The highest BCUT2D eigenvalue weighted by Gasteiger charge is 2.38. The molecule has 1 saturated heterocycles. The highest BCUT2D eigenvalue weighted by atomic mass is 16.3. The van der Waals surface area contributed by atoms with Gasteiger partial charge in [0.1, 0.15) is 11.3 Å². The second-order valence-corrected chi connectivity index (χ2v) is 6.00. The van der Waals surface area contributed by atoms with Gasteiger partial charge in [0, 0.05) is 12.7 Å². The van der Waals surface area contributed by atoms with Gasteiger partial charge in [-0.05, 0) is 18.1 Å². The Balaban J connectivity index is 1.65. The molecule has 0 saturated carbocycles. The van der Waals surface area contributed by atoms with Gasteiger partial charge >= 0.3 is 0 Å². The third kappa shape index (κ3) is 2.48. The van der Waals surface area contributed by atoms with Crippen molar-refractivity contribution in [2.75, 3.05) is 23.7 Å². The van der Waals surface area contributed by atoms with Crippen molar-refractivity contribution in [1.82, 2.24) is 20.2 Å². The number of H-pyrrole nitrogens is 1. The number of aliphatic hydroxyl groups is 1. The molecule has 7 heteroatoms. The Morgan fingerprint density at radius 1 is 1.21 bits per heavy atom. The SMILES string of the molecule is Nc1ncc(-c2ccn[nH]2)nc1N1CCC(O)(c2ccccc2)C1. The minimum absolute atomic E-state index is 0.357. The van der Waals surface area contributed by atoms with Crippen molar-refractivity contribution < 1.29 is 5.11 Å². The average molecular weight is 322 g/mol. The third-order valence-corrected chi connectivity index (χ3v) is 4.42. The molecule has 3 heterocycles. The predicted octanol–water partition coefficient (Wildman–Crippen LogP) is 1.55. The van der Waals surface area contributed by atoms with Gasteiger partial charge in [-0.3, -0.25) is 5.10 Å². The van der Waals surface area contributed by atoms with E-state index < -0.39 is 5.60 Å². The maximum absolute atomic E-state index is 11.0. The third-order valence-electron chi connectivity index (χ3n) is 4.42. The fourth-order valence-corrected chi connectivity index (χ4v) is 3.11. The molecule has 3 aromatic rings. The molecule has 0 spiro atoms. The predicted molar refractivity (Wildman–Crippen MR) is 91.2 cm³/mol. The van der Waals surface area contributed by atoms with Gasteiger partial charge in [0.15, 0.2) is 11.6 Å². The number of β-amino-alcohol motifs (C(OH)–C–C–N with tert-alkyl or cyclic N) is 1. The van der Waals surface area contributed by atoms with Crippen LogP contribution >= 0.6 is 0 Å². The number of anilines is 2. The van der Waals surface area contributed by atoms with Gasteiger partial charge in [-0.25, -0.2) is 9.97 Å². The van der Waals surface area contributed by atoms with Crippen molar-refractivity contribution >= 4 is 11.6 Å². The van der Waals surface area contributed by atoms with Crippen LogP contribution in [-0.4, -0.2) is 38.4 Å². The molecule has 0 aliphatic carbocycles. The smallest absolute Gasteiger partial charge is 0.172 e. The number of hydrogen-bond acceptors (Lipinski definition) is 6.